The van der Waals surface area contributed by atoms with Crippen LogP contribution in [-0.4, -0.2) is 221 Å². The van der Waals surface area contributed by atoms with Crippen molar-refractivity contribution < 1.29 is 104 Å². The van der Waals surface area contributed by atoms with Gasteiger partial charge < -0.3 is 105 Å². The predicted molar refractivity (Wildman–Crippen MR) is 145 cm³/mol. The van der Waals surface area contributed by atoms with Gasteiger partial charge in [-0.25, -0.2) is 0 Å². The minimum Gasteiger partial charge on any atom is -0.394 e. The quantitative estimate of drug-likeness (QED) is 0.0947. The van der Waals surface area contributed by atoms with E-state index < -0.39 is 155 Å². The van der Waals surface area contributed by atoms with E-state index in [-0.39, 0.29) is 0 Å². The molecule has 4 aliphatic rings. The van der Waals surface area contributed by atoms with Crippen LogP contribution in [0.3, 0.4) is 0 Å². The number of hydrogen-bond acceptors (Lipinski definition) is 21. The average molecular weight is 708 g/mol. The van der Waals surface area contributed by atoms with Crippen LogP contribution in [0.5, 0.6) is 0 Å². The van der Waals surface area contributed by atoms with Gasteiger partial charge in [0.25, 0.3) is 0 Å². The Morgan fingerprint density at radius 1 is 0.542 bits per heavy atom. The normalized spacial score (nSPS) is 50.2. The number of aliphatic hydroxyl groups is 13. The lowest BCUT2D eigenvalue weighted by Crippen LogP contribution is -2.67. The molecule has 4 rings (SSSR count). The second kappa shape index (κ2) is 16.8. The summed E-state index contributed by atoms with van der Waals surface area (Å²) in [5.74, 6) is -0.689. The van der Waals surface area contributed by atoms with E-state index in [1.165, 1.54) is 0 Å². The molecule has 0 unspecified atom stereocenters. The Hall–Kier alpha value is -1.33. The molecule has 1 amide bonds. The summed E-state index contributed by atoms with van der Waals surface area (Å²) in [6.07, 6.45) is -33.0. The lowest BCUT2D eigenvalue weighted by Gasteiger charge is -2.47. The molecule has 0 aromatic carbocycles. The number of amides is 1. The van der Waals surface area contributed by atoms with Gasteiger partial charge >= 0.3 is 0 Å². The average Bonchev–Trinajstić information content (AvgIpc) is 3.06. The van der Waals surface area contributed by atoms with Crippen molar-refractivity contribution in [1.29, 1.82) is 0 Å². The molecular formula is C26H45NO21. The van der Waals surface area contributed by atoms with E-state index in [2.05, 4.69) is 5.32 Å². The molecule has 4 saturated heterocycles. The molecule has 20 atom stereocenters. The van der Waals surface area contributed by atoms with Gasteiger partial charge in [0.1, 0.15) is 97.6 Å². The standard InChI is InChI=1S/C26H45NO21/c1-6(31)27-11-14(34)22(48-26-19(39)16(36)13(33)8(3-29)45-26)10(43-23(11)41)5-42-24-20(40)17(37)21(9(4-30)46-24)47-25-18(38)15(35)12(32)7(2-28)44-25/h7-26,28-30,32-41H,2-5H2,1H3,(H,27,31)/t7-,8-,9-,10-,11-,12+,13-,14-,15+,16+,17-,18-,19-,20-,21-,22-,23-,24-,25+,26+/m1/s1. The van der Waals surface area contributed by atoms with E-state index in [1.807, 2.05) is 0 Å². The number of carbonyl (C=O) groups excluding carboxylic acids is 1. The van der Waals surface area contributed by atoms with Gasteiger partial charge in [0.15, 0.2) is 25.2 Å². The zero-order valence-electron chi connectivity index (χ0n) is 25.5. The summed E-state index contributed by atoms with van der Waals surface area (Å²) in [5.41, 5.74) is 0. The molecule has 0 aliphatic carbocycles. The summed E-state index contributed by atoms with van der Waals surface area (Å²) in [4.78, 5) is 11.7. The summed E-state index contributed by atoms with van der Waals surface area (Å²) in [5, 5.41) is 136. The van der Waals surface area contributed by atoms with Gasteiger partial charge in [-0.3, -0.25) is 4.79 Å². The second-order valence-corrected chi connectivity index (χ2v) is 11.9. The van der Waals surface area contributed by atoms with Crippen LogP contribution in [0, 0.1) is 0 Å². The van der Waals surface area contributed by atoms with Crippen molar-refractivity contribution >= 4 is 5.91 Å². The number of nitrogens with one attached hydrogen (secondary N) is 1. The van der Waals surface area contributed by atoms with Crippen molar-refractivity contribution in [2.45, 2.75) is 130 Å². The lowest BCUT2D eigenvalue weighted by atomic mass is 9.95. The molecule has 14 N–H and O–H groups in total. The van der Waals surface area contributed by atoms with E-state index in [4.69, 9.17) is 33.2 Å². The Morgan fingerprint density at radius 2 is 0.979 bits per heavy atom. The molecule has 0 spiro atoms. The number of hydrogen-bond donors (Lipinski definition) is 14. The zero-order valence-corrected chi connectivity index (χ0v) is 25.5. The molecule has 48 heavy (non-hydrogen) atoms. The summed E-state index contributed by atoms with van der Waals surface area (Å²) in [7, 11) is 0. The van der Waals surface area contributed by atoms with Gasteiger partial charge in [-0.15, -0.1) is 0 Å². The maximum atomic E-state index is 11.7. The highest BCUT2D eigenvalue weighted by Gasteiger charge is 2.53. The van der Waals surface area contributed by atoms with Gasteiger partial charge in [-0.05, 0) is 0 Å². The van der Waals surface area contributed by atoms with Gasteiger partial charge in [-0.1, -0.05) is 0 Å². The SMILES string of the molecule is CC(=O)N[C@@H]1[C@@H](O)[C@H](O[C@@H]2O[C@H](CO)[C@@H](O)[C@H](O)[C@H]2O)[C@@H](CO[C@@H]2O[C@H](CO)[C@@H](O[C@@H]3O[C@H](CO)[C@H](O)[C@H](O)[C@H]3O)[C@H](O)[C@H]2O)O[C@H]1O. The monoisotopic (exact) mass is 707 g/mol. The first-order valence-electron chi connectivity index (χ1n) is 15.1. The van der Waals surface area contributed by atoms with Crippen LogP contribution in [0.4, 0.5) is 0 Å². The van der Waals surface area contributed by atoms with Crippen molar-refractivity contribution in [1.82, 2.24) is 5.32 Å². The van der Waals surface area contributed by atoms with Gasteiger partial charge in [0, 0.05) is 6.92 Å². The minimum atomic E-state index is -1.96. The molecule has 0 aromatic rings. The Labute approximate surface area is 272 Å². The van der Waals surface area contributed by atoms with E-state index >= 15 is 0 Å². The van der Waals surface area contributed by atoms with Gasteiger partial charge in [0.05, 0.1) is 26.4 Å². The van der Waals surface area contributed by atoms with Crippen LogP contribution in [-0.2, 0) is 38.0 Å². The van der Waals surface area contributed by atoms with Crippen LogP contribution < -0.4 is 5.32 Å². The Balaban J connectivity index is 1.47. The third kappa shape index (κ3) is 8.24. The number of rotatable bonds is 11. The summed E-state index contributed by atoms with van der Waals surface area (Å²) < 4.78 is 38.4. The Bertz CT molecular complexity index is 1020. The molecule has 4 aliphatic heterocycles. The minimum absolute atomic E-state index is 0.689. The van der Waals surface area contributed by atoms with E-state index in [0.717, 1.165) is 6.92 Å². The van der Waals surface area contributed by atoms with Crippen LogP contribution in [0.15, 0.2) is 0 Å². The fraction of sp³-hybridized carbons (Fsp3) is 0.962. The largest absolute Gasteiger partial charge is 0.394 e. The molecule has 280 valence electrons. The molecule has 22 heteroatoms. The maximum Gasteiger partial charge on any atom is 0.217 e. The smallest absolute Gasteiger partial charge is 0.217 e. The fourth-order valence-corrected chi connectivity index (χ4v) is 5.85. The maximum absolute atomic E-state index is 11.7. The molecule has 0 saturated carbocycles. The van der Waals surface area contributed by atoms with Crippen molar-refractivity contribution in [2.75, 3.05) is 26.4 Å². The van der Waals surface area contributed by atoms with Crippen LogP contribution in [0.1, 0.15) is 6.92 Å². The molecule has 0 aromatic heterocycles. The van der Waals surface area contributed by atoms with Crippen LogP contribution in [0.25, 0.3) is 0 Å². The molecule has 0 bridgehead atoms. The van der Waals surface area contributed by atoms with Crippen molar-refractivity contribution in [3.8, 4) is 0 Å². The third-order valence-electron chi connectivity index (χ3n) is 8.59. The molecule has 0 radical (unpaired) electrons. The molecule has 22 nitrogen and oxygen atoms in total. The van der Waals surface area contributed by atoms with Crippen molar-refractivity contribution in [2.24, 2.45) is 0 Å². The Morgan fingerprint density at radius 3 is 1.44 bits per heavy atom. The first-order valence-corrected chi connectivity index (χ1v) is 15.1. The van der Waals surface area contributed by atoms with E-state index in [9.17, 15) is 71.2 Å². The number of carbonyl (C=O) groups is 1. The second-order valence-electron chi connectivity index (χ2n) is 11.9. The van der Waals surface area contributed by atoms with E-state index in [0.29, 0.717) is 0 Å². The summed E-state index contributed by atoms with van der Waals surface area (Å²) >= 11 is 0. The Kier molecular flexibility index (Phi) is 13.8. The lowest BCUT2D eigenvalue weighted by molar-refractivity contribution is -0.368. The van der Waals surface area contributed by atoms with E-state index in [1.54, 1.807) is 0 Å². The van der Waals surface area contributed by atoms with Crippen LogP contribution in [0.2, 0.25) is 0 Å². The van der Waals surface area contributed by atoms with Crippen molar-refractivity contribution in [3.05, 3.63) is 0 Å². The van der Waals surface area contributed by atoms with Crippen molar-refractivity contribution in [3.63, 3.8) is 0 Å². The van der Waals surface area contributed by atoms with Crippen LogP contribution >= 0.6 is 0 Å². The highest BCUT2D eigenvalue weighted by atomic mass is 16.8. The predicted octanol–water partition coefficient (Wildman–Crippen LogP) is -9.61. The summed E-state index contributed by atoms with van der Waals surface area (Å²) in [6, 6.07) is -1.51. The highest BCUT2D eigenvalue weighted by molar-refractivity contribution is 5.73. The summed E-state index contributed by atoms with van der Waals surface area (Å²) in [6.45, 7) is -2.10. The molecule has 4 heterocycles. The molecule has 4 fully saturated rings. The highest BCUT2D eigenvalue weighted by Crippen LogP contribution is 2.32. The number of aliphatic hydroxyl groups excluding tert-OH is 13. The van der Waals surface area contributed by atoms with Gasteiger partial charge in [-0.2, -0.15) is 0 Å². The first-order chi connectivity index (χ1) is 22.6. The topological polar surface area (TPSA) is 357 Å². The first kappa shape index (κ1) is 39.5. The van der Waals surface area contributed by atoms with Gasteiger partial charge in [0.2, 0.25) is 5.91 Å². The fourth-order valence-electron chi connectivity index (χ4n) is 5.85. The number of ether oxygens (including phenoxy) is 7. The third-order valence-corrected chi connectivity index (χ3v) is 8.59. The zero-order chi connectivity index (χ0) is 35.6. The molecular weight excluding hydrogens is 662 g/mol.